The fourth-order valence-electron chi connectivity index (χ4n) is 2.98. The first kappa shape index (κ1) is 21.6. The second kappa shape index (κ2) is 9.17. The molecule has 4 heteroatoms. The SMILES string of the molecule is CC(C)(C)c1ccc(S[C@@H](c2ccc(Br)cc2)[C@@H](O)c2ccc(Br)cc2)cc1. The molecule has 2 atom stereocenters. The number of hydrogen-bond donors (Lipinski definition) is 1. The summed E-state index contributed by atoms with van der Waals surface area (Å²) in [6.45, 7) is 6.66. The third-order valence-corrected chi connectivity index (χ3v) is 7.07. The summed E-state index contributed by atoms with van der Waals surface area (Å²) >= 11 is 8.67. The summed E-state index contributed by atoms with van der Waals surface area (Å²) in [5.74, 6) is 0. The number of aliphatic hydroxyl groups excluding tert-OH is 1. The molecule has 0 heterocycles. The monoisotopic (exact) mass is 518 g/mol. The Hall–Kier alpha value is -1.07. The Labute approximate surface area is 188 Å². The third-order valence-electron chi connectivity index (χ3n) is 4.68. The van der Waals surface area contributed by atoms with Crippen LogP contribution in [0, 0.1) is 0 Å². The van der Waals surface area contributed by atoms with Crippen LogP contribution in [0.1, 0.15) is 48.8 Å². The molecule has 0 saturated carbocycles. The number of rotatable bonds is 5. The topological polar surface area (TPSA) is 20.2 Å². The second-order valence-electron chi connectivity index (χ2n) is 7.86. The second-order valence-corrected chi connectivity index (χ2v) is 10.9. The Kier molecular flexibility index (Phi) is 7.08. The van der Waals surface area contributed by atoms with Crippen LogP contribution >= 0.6 is 43.6 Å². The van der Waals surface area contributed by atoms with E-state index in [2.05, 4.69) is 89.0 Å². The predicted octanol–water partition coefficient (Wildman–Crippen LogP) is 8.08. The molecule has 0 aromatic heterocycles. The van der Waals surface area contributed by atoms with Crippen molar-refractivity contribution in [2.24, 2.45) is 0 Å². The van der Waals surface area contributed by atoms with Gasteiger partial charge in [-0.25, -0.2) is 0 Å². The lowest BCUT2D eigenvalue weighted by molar-refractivity contribution is 0.175. The highest BCUT2D eigenvalue weighted by Crippen LogP contribution is 2.44. The zero-order chi connectivity index (χ0) is 20.3. The molecule has 3 aromatic carbocycles. The molecule has 0 unspecified atom stereocenters. The molecule has 0 spiro atoms. The van der Waals surface area contributed by atoms with E-state index in [1.54, 1.807) is 11.8 Å². The first-order valence-corrected chi connectivity index (χ1v) is 11.7. The Morgan fingerprint density at radius 1 is 0.714 bits per heavy atom. The van der Waals surface area contributed by atoms with E-state index in [1.165, 1.54) is 5.56 Å². The Morgan fingerprint density at radius 2 is 1.18 bits per heavy atom. The van der Waals surface area contributed by atoms with Crippen LogP contribution in [0.5, 0.6) is 0 Å². The van der Waals surface area contributed by atoms with Crippen molar-refractivity contribution in [3.05, 3.63) is 98.4 Å². The maximum absolute atomic E-state index is 11.2. The van der Waals surface area contributed by atoms with Gasteiger partial charge in [0.15, 0.2) is 0 Å². The van der Waals surface area contributed by atoms with Gasteiger partial charge in [0, 0.05) is 13.8 Å². The average Bonchev–Trinajstić information content (AvgIpc) is 2.67. The number of hydrogen-bond acceptors (Lipinski definition) is 2. The summed E-state index contributed by atoms with van der Waals surface area (Å²) < 4.78 is 2.04. The summed E-state index contributed by atoms with van der Waals surface area (Å²) in [5, 5.41) is 11.1. The van der Waals surface area contributed by atoms with Gasteiger partial charge >= 0.3 is 0 Å². The zero-order valence-electron chi connectivity index (χ0n) is 16.2. The minimum Gasteiger partial charge on any atom is -0.387 e. The molecule has 1 nitrogen and oxygen atoms in total. The van der Waals surface area contributed by atoms with E-state index in [0.717, 1.165) is 25.0 Å². The summed E-state index contributed by atoms with van der Waals surface area (Å²) in [6, 6.07) is 24.8. The highest BCUT2D eigenvalue weighted by atomic mass is 79.9. The van der Waals surface area contributed by atoms with E-state index >= 15 is 0 Å². The van der Waals surface area contributed by atoms with Crippen LogP contribution in [0.2, 0.25) is 0 Å². The first-order chi connectivity index (χ1) is 13.2. The van der Waals surface area contributed by atoms with Crippen molar-refractivity contribution in [3.8, 4) is 0 Å². The largest absolute Gasteiger partial charge is 0.387 e. The van der Waals surface area contributed by atoms with Crippen molar-refractivity contribution >= 4 is 43.6 Å². The zero-order valence-corrected chi connectivity index (χ0v) is 20.2. The fourth-order valence-corrected chi connectivity index (χ4v) is 4.68. The average molecular weight is 520 g/mol. The van der Waals surface area contributed by atoms with E-state index in [-0.39, 0.29) is 10.7 Å². The molecule has 0 fully saturated rings. The Bertz CT molecular complexity index is 897. The molecule has 3 aromatic rings. The molecular formula is C24H24Br2OS. The van der Waals surface area contributed by atoms with Gasteiger partial charge in [0.2, 0.25) is 0 Å². The maximum atomic E-state index is 11.2. The maximum Gasteiger partial charge on any atom is 0.0952 e. The minimum atomic E-state index is -0.610. The van der Waals surface area contributed by atoms with Gasteiger partial charge in [-0.3, -0.25) is 0 Å². The highest BCUT2D eigenvalue weighted by molar-refractivity contribution is 9.10. The number of thioether (sulfide) groups is 1. The van der Waals surface area contributed by atoms with Gasteiger partial charge < -0.3 is 5.11 Å². The molecule has 28 heavy (non-hydrogen) atoms. The van der Waals surface area contributed by atoms with Gasteiger partial charge in [-0.2, -0.15) is 0 Å². The van der Waals surface area contributed by atoms with Crippen LogP contribution in [-0.2, 0) is 5.41 Å². The number of aliphatic hydroxyl groups is 1. The predicted molar refractivity (Wildman–Crippen MR) is 127 cm³/mol. The van der Waals surface area contributed by atoms with Crippen molar-refractivity contribution in [1.82, 2.24) is 0 Å². The van der Waals surface area contributed by atoms with E-state index in [1.807, 2.05) is 36.4 Å². The molecule has 0 amide bonds. The van der Waals surface area contributed by atoms with Crippen LogP contribution < -0.4 is 0 Å². The molecule has 0 bridgehead atoms. The van der Waals surface area contributed by atoms with Gasteiger partial charge in [0.1, 0.15) is 0 Å². The molecule has 0 radical (unpaired) electrons. The standard InChI is InChI=1S/C24H24Br2OS/c1-24(2,3)18-8-14-21(15-9-18)28-23(17-6-12-20(26)13-7-17)22(27)16-4-10-19(25)11-5-16/h4-15,22-23,27H,1-3H3/t22-,23-/m0/s1. The lowest BCUT2D eigenvalue weighted by atomic mass is 9.87. The van der Waals surface area contributed by atoms with Crippen LogP contribution in [-0.4, -0.2) is 5.11 Å². The Morgan fingerprint density at radius 3 is 1.64 bits per heavy atom. The van der Waals surface area contributed by atoms with Crippen LogP contribution in [0.25, 0.3) is 0 Å². The smallest absolute Gasteiger partial charge is 0.0952 e. The molecule has 0 aliphatic rings. The van der Waals surface area contributed by atoms with Gasteiger partial charge in [-0.15, -0.1) is 11.8 Å². The lowest BCUT2D eigenvalue weighted by Crippen LogP contribution is -2.11. The van der Waals surface area contributed by atoms with Gasteiger partial charge in [-0.05, 0) is 58.5 Å². The third kappa shape index (κ3) is 5.50. The summed E-state index contributed by atoms with van der Waals surface area (Å²) in [5.41, 5.74) is 3.45. The summed E-state index contributed by atoms with van der Waals surface area (Å²) in [4.78, 5) is 1.15. The van der Waals surface area contributed by atoms with E-state index in [9.17, 15) is 5.11 Å². The number of halogens is 2. The van der Waals surface area contributed by atoms with Crippen LogP contribution in [0.4, 0.5) is 0 Å². The van der Waals surface area contributed by atoms with Gasteiger partial charge in [0.05, 0.1) is 11.4 Å². The van der Waals surface area contributed by atoms with Gasteiger partial charge in [-0.1, -0.05) is 89.0 Å². The summed E-state index contributed by atoms with van der Waals surface area (Å²) in [6.07, 6.45) is -0.610. The molecule has 3 rings (SSSR count). The normalized spacial score (nSPS) is 13.9. The van der Waals surface area contributed by atoms with E-state index < -0.39 is 6.10 Å². The quantitative estimate of drug-likeness (QED) is 0.344. The number of benzene rings is 3. The van der Waals surface area contributed by atoms with Crippen molar-refractivity contribution in [1.29, 1.82) is 0 Å². The fraction of sp³-hybridized carbons (Fsp3) is 0.250. The van der Waals surface area contributed by atoms with Crippen LogP contribution in [0.3, 0.4) is 0 Å². The molecule has 1 N–H and O–H groups in total. The van der Waals surface area contributed by atoms with E-state index in [4.69, 9.17) is 0 Å². The minimum absolute atomic E-state index is 0.102. The Balaban J connectivity index is 1.92. The van der Waals surface area contributed by atoms with Crippen LogP contribution in [0.15, 0.2) is 86.6 Å². The molecular weight excluding hydrogens is 496 g/mol. The van der Waals surface area contributed by atoms with Crippen molar-refractivity contribution in [3.63, 3.8) is 0 Å². The van der Waals surface area contributed by atoms with E-state index in [0.29, 0.717) is 0 Å². The first-order valence-electron chi connectivity index (χ1n) is 9.20. The molecule has 0 aliphatic heterocycles. The molecule has 146 valence electrons. The van der Waals surface area contributed by atoms with Crippen molar-refractivity contribution < 1.29 is 5.11 Å². The van der Waals surface area contributed by atoms with Crippen molar-refractivity contribution in [2.45, 2.75) is 42.4 Å². The summed E-state index contributed by atoms with van der Waals surface area (Å²) in [7, 11) is 0. The van der Waals surface area contributed by atoms with Gasteiger partial charge in [0.25, 0.3) is 0 Å². The molecule has 0 saturated heterocycles. The lowest BCUT2D eigenvalue weighted by Gasteiger charge is -2.24. The molecule has 0 aliphatic carbocycles. The highest BCUT2D eigenvalue weighted by Gasteiger charge is 2.24. The van der Waals surface area contributed by atoms with Crippen molar-refractivity contribution in [2.75, 3.05) is 0 Å².